The summed E-state index contributed by atoms with van der Waals surface area (Å²) in [6.07, 6.45) is 0. The maximum Gasteiger partial charge on any atom is 0.198 e. The van der Waals surface area contributed by atoms with Crippen LogP contribution in [0.25, 0.3) is 0 Å². The van der Waals surface area contributed by atoms with Crippen LogP contribution < -0.4 is 4.74 Å². The molecule has 0 fully saturated rings. The van der Waals surface area contributed by atoms with Gasteiger partial charge in [-0.25, -0.2) is 0 Å². The number of halogens is 3. The van der Waals surface area contributed by atoms with E-state index in [1.165, 1.54) is 11.3 Å². The van der Waals surface area contributed by atoms with E-state index >= 15 is 0 Å². The molecule has 2 rings (SSSR count). The minimum absolute atomic E-state index is 0.0424. The molecule has 94 valence electrons. The monoisotopic (exact) mass is 500 g/mol. The summed E-state index contributed by atoms with van der Waals surface area (Å²) in [6.45, 7) is 0. The fourth-order valence-corrected chi connectivity index (χ4v) is 4.78. The molecule has 0 saturated heterocycles. The highest BCUT2D eigenvalue weighted by Crippen LogP contribution is 2.35. The van der Waals surface area contributed by atoms with Crippen molar-refractivity contribution in [2.45, 2.75) is 0 Å². The van der Waals surface area contributed by atoms with Crippen molar-refractivity contribution in [3.8, 4) is 5.75 Å². The first-order chi connectivity index (χ1) is 8.52. The van der Waals surface area contributed by atoms with Crippen LogP contribution in [0.2, 0.25) is 0 Å². The molecule has 0 radical (unpaired) electrons. The predicted molar refractivity (Wildman–Crippen MR) is 88.9 cm³/mol. The average Bonchev–Trinajstić information content (AvgIpc) is 2.67. The Balaban J connectivity index is 2.51. The van der Waals surface area contributed by atoms with E-state index in [0.29, 0.717) is 16.9 Å². The first-order valence-electron chi connectivity index (χ1n) is 4.86. The fraction of sp³-hybridized carbons (Fsp3) is 0.0833. The van der Waals surface area contributed by atoms with Gasteiger partial charge in [0.2, 0.25) is 0 Å². The molecule has 0 atom stereocenters. The lowest BCUT2D eigenvalue weighted by Gasteiger charge is -2.07. The van der Waals surface area contributed by atoms with Gasteiger partial charge in [-0.2, -0.15) is 0 Å². The van der Waals surface area contributed by atoms with Crippen molar-refractivity contribution in [2.24, 2.45) is 0 Å². The molecule has 2 nitrogen and oxygen atoms in total. The Hall–Kier alpha value is 0.0800. The summed E-state index contributed by atoms with van der Waals surface area (Å²) in [5.41, 5.74) is 1.22. The number of ketones is 1. The van der Waals surface area contributed by atoms with E-state index < -0.39 is 0 Å². The van der Waals surface area contributed by atoms with Crippen LogP contribution in [0.15, 0.2) is 31.8 Å². The van der Waals surface area contributed by atoms with E-state index in [-0.39, 0.29) is 5.78 Å². The van der Waals surface area contributed by atoms with Crippen LogP contribution in [0, 0.1) is 3.57 Å². The van der Waals surface area contributed by atoms with E-state index in [1.807, 2.05) is 24.3 Å². The first kappa shape index (κ1) is 14.5. The highest BCUT2D eigenvalue weighted by Gasteiger charge is 2.19. The van der Waals surface area contributed by atoms with Gasteiger partial charge in [0.1, 0.15) is 5.75 Å². The predicted octanol–water partition coefficient (Wildman–Crippen LogP) is 5.12. The minimum atomic E-state index is -0.0424. The molecule has 0 aliphatic carbocycles. The lowest BCUT2D eigenvalue weighted by atomic mass is 10.1. The Morgan fingerprint density at radius 1 is 1.28 bits per heavy atom. The van der Waals surface area contributed by atoms with Crippen molar-refractivity contribution >= 4 is 71.6 Å². The molecule has 0 amide bonds. The molecular weight excluding hydrogens is 495 g/mol. The van der Waals surface area contributed by atoms with Crippen LogP contribution in [0.3, 0.4) is 0 Å². The van der Waals surface area contributed by atoms with Gasteiger partial charge in [0.25, 0.3) is 0 Å². The molecule has 18 heavy (non-hydrogen) atoms. The van der Waals surface area contributed by atoms with Crippen molar-refractivity contribution in [3.63, 3.8) is 0 Å². The van der Waals surface area contributed by atoms with E-state index in [2.05, 4.69) is 54.5 Å². The number of rotatable bonds is 3. The summed E-state index contributed by atoms with van der Waals surface area (Å²) in [5, 5.41) is 0. The van der Waals surface area contributed by atoms with Gasteiger partial charge in [0, 0.05) is 9.13 Å². The highest BCUT2D eigenvalue weighted by molar-refractivity contribution is 14.1. The van der Waals surface area contributed by atoms with E-state index in [1.54, 1.807) is 7.11 Å². The van der Waals surface area contributed by atoms with Crippen molar-refractivity contribution in [1.29, 1.82) is 0 Å². The van der Waals surface area contributed by atoms with E-state index in [0.717, 1.165) is 11.1 Å². The molecule has 1 heterocycles. The van der Waals surface area contributed by atoms with Crippen molar-refractivity contribution in [1.82, 2.24) is 0 Å². The zero-order valence-corrected chi connectivity index (χ0v) is 15.3. The summed E-state index contributed by atoms with van der Waals surface area (Å²) in [5.74, 6) is 0.550. The molecule has 0 bridgehead atoms. The number of hydrogen-bond acceptors (Lipinski definition) is 3. The second-order valence-electron chi connectivity index (χ2n) is 3.41. The molecular formula is C12H7Br2IO2S. The van der Waals surface area contributed by atoms with E-state index in [9.17, 15) is 4.79 Å². The maximum absolute atomic E-state index is 12.5. The number of methoxy groups -OCH3 is 1. The number of carbonyl (C=O) groups excluding carboxylic acids is 1. The lowest BCUT2D eigenvalue weighted by Crippen LogP contribution is -2.03. The molecule has 6 heteroatoms. The summed E-state index contributed by atoms with van der Waals surface area (Å²) in [6, 6.07) is 7.37. The summed E-state index contributed by atoms with van der Waals surface area (Å²) >= 11 is 10.4. The fourth-order valence-electron chi connectivity index (χ4n) is 1.50. The Kier molecular flexibility index (Phi) is 4.85. The van der Waals surface area contributed by atoms with Gasteiger partial charge in [-0.3, -0.25) is 4.79 Å². The van der Waals surface area contributed by atoms with Gasteiger partial charge in [-0.1, -0.05) is 0 Å². The summed E-state index contributed by atoms with van der Waals surface area (Å²) < 4.78 is 7.98. The molecule has 0 saturated carbocycles. The van der Waals surface area contributed by atoms with Gasteiger partial charge in [-0.05, 0) is 78.7 Å². The van der Waals surface area contributed by atoms with Gasteiger partial charge in [-0.15, -0.1) is 11.3 Å². The summed E-state index contributed by atoms with van der Waals surface area (Å²) in [4.78, 5) is 12.5. The van der Waals surface area contributed by atoms with Crippen LogP contribution in [0.1, 0.15) is 15.9 Å². The second kappa shape index (κ2) is 6.02. The molecule has 0 aliphatic rings. The van der Waals surface area contributed by atoms with Gasteiger partial charge < -0.3 is 4.74 Å². The quantitative estimate of drug-likeness (QED) is 0.431. The molecule has 0 spiro atoms. The number of ether oxygens (including phenoxy) is 1. The zero-order chi connectivity index (χ0) is 13.3. The largest absolute Gasteiger partial charge is 0.496 e. The molecule has 0 unspecified atom stereocenters. The van der Waals surface area contributed by atoms with E-state index in [4.69, 9.17) is 4.74 Å². The highest BCUT2D eigenvalue weighted by atomic mass is 127. The average molecular weight is 502 g/mol. The van der Waals surface area contributed by atoms with Crippen molar-refractivity contribution < 1.29 is 9.53 Å². The van der Waals surface area contributed by atoms with Crippen LogP contribution in [-0.2, 0) is 0 Å². The van der Waals surface area contributed by atoms with Crippen LogP contribution in [0.5, 0.6) is 5.75 Å². The Labute approximate surface area is 139 Å². The molecule has 2 aromatic rings. The van der Waals surface area contributed by atoms with Gasteiger partial charge in [0.05, 0.1) is 20.2 Å². The SMILES string of the molecule is COc1ccc(I)cc1C(=O)c1cc(Br)sc1Br. The number of hydrogen-bond donors (Lipinski definition) is 0. The normalized spacial score (nSPS) is 10.4. The third kappa shape index (κ3) is 2.97. The lowest BCUT2D eigenvalue weighted by molar-refractivity contribution is 0.103. The Morgan fingerprint density at radius 2 is 2.00 bits per heavy atom. The van der Waals surface area contributed by atoms with Gasteiger partial charge in [0.15, 0.2) is 5.78 Å². The summed E-state index contributed by atoms with van der Waals surface area (Å²) in [7, 11) is 1.57. The third-order valence-corrected chi connectivity index (χ3v) is 5.32. The zero-order valence-electron chi connectivity index (χ0n) is 9.17. The smallest absolute Gasteiger partial charge is 0.198 e. The standard InChI is InChI=1S/C12H7Br2IO2S/c1-17-9-3-2-6(15)4-7(9)11(16)8-5-10(13)18-12(8)14/h2-5H,1H3. The van der Waals surface area contributed by atoms with Crippen molar-refractivity contribution in [2.75, 3.05) is 7.11 Å². The van der Waals surface area contributed by atoms with Crippen LogP contribution >= 0.6 is 65.8 Å². The maximum atomic E-state index is 12.5. The molecule has 1 aromatic heterocycles. The number of benzene rings is 1. The first-order valence-corrected chi connectivity index (χ1v) is 8.34. The Bertz CT molecular complexity index is 610. The topological polar surface area (TPSA) is 26.3 Å². The molecule has 0 N–H and O–H groups in total. The van der Waals surface area contributed by atoms with Crippen molar-refractivity contribution in [3.05, 3.63) is 46.5 Å². The number of carbonyl (C=O) groups is 1. The number of thiophene rings is 1. The molecule has 0 aliphatic heterocycles. The minimum Gasteiger partial charge on any atom is -0.496 e. The Morgan fingerprint density at radius 3 is 2.56 bits per heavy atom. The third-order valence-electron chi connectivity index (χ3n) is 2.31. The van der Waals surface area contributed by atoms with Crippen LogP contribution in [-0.4, -0.2) is 12.9 Å². The van der Waals surface area contributed by atoms with Gasteiger partial charge >= 0.3 is 0 Å². The van der Waals surface area contributed by atoms with Crippen LogP contribution in [0.4, 0.5) is 0 Å². The second-order valence-corrected chi connectivity index (χ2v) is 8.41. The molecule has 1 aromatic carbocycles.